The van der Waals surface area contributed by atoms with Crippen LogP contribution in [0.25, 0.3) is 11.3 Å². The van der Waals surface area contributed by atoms with E-state index in [4.69, 9.17) is 5.11 Å². The van der Waals surface area contributed by atoms with Crippen LogP contribution in [0.4, 0.5) is 24.5 Å². The molecule has 0 radical (unpaired) electrons. The Bertz CT molecular complexity index is 1790. The van der Waals surface area contributed by atoms with E-state index in [9.17, 15) is 27.6 Å². The number of nitrogens with zero attached hydrogens (tertiary/aromatic N) is 2. The number of carbonyl (C=O) groups excluding carboxylic acids is 2. The van der Waals surface area contributed by atoms with Gasteiger partial charge in [-0.15, -0.1) is 0 Å². The third-order valence-electron chi connectivity index (χ3n) is 8.12. The molecule has 3 N–H and O–H groups in total. The van der Waals surface area contributed by atoms with Crippen LogP contribution in [0.2, 0.25) is 0 Å². The summed E-state index contributed by atoms with van der Waals surface area (Å²) in [5.41, 5.74) is 3.76. The van der Waals surface area contributed by atoms with Crippen LogP contribution >= 0.6 is 11.8 Å². The van der Waals surface area contributed by atoms with Crippen molar-refractivity contribution in [2.75, 3.05) is 29.1 Å². The van der Waals surface area contributed by atoms with Gasteiger partial charge in [0, 0.05) is 60.4 Å². The highest BCUT2D eigenvalue weighted by molar-refractivity contribution is 7.98. The quantitative estimate of drug-likeness (QED) is 0.122. The summed E-state index contributed by atoms with van der Waals surface area (Å²) in [5, 5.41) is 14.6. The molecule has 1 aromatic heterocycles. The minimum atomic E-state index is -4.48. The molecule has 1 saturated heterocycles. The number of aromatic nitrogens is 1. The zero-order valence-electron chi connectivity index (χ0n) is 26.8. The van der Waals surface area contributed by atoms with E-state index in [2.05, 4.69) is 20.5 Å². The molecule has 3 aromatic carbocycles. The van der Waals surface area contributed by atoms with Gasteiger partial charge >= 0.3 is 12.1 Å². The van der Waals surface area contributed by atoms with Gasteiger partial charge in [0.25, 0.3) is 11.8 Å². The Labute approximate surface area is 287 Å². The summed E-state index contributed by atoms with van der Waals surface area (Å²) < 4.78 is 39.5. The maximum atomic E-state index is 13.5. The van der Waals surface area contributed by atoms with Gasteiger partial charge in [-0.25, -0.2) is 0 Å². The maximum Gasteiger partial charge on any atom is 0.416 e. The molecule has 1 aliphatic heterocycles. The fraction of sp³-hybridized carbons (Fsp3) is 0.297. The molecule has 8 nitrogen and oxygen atoms in total. The molecular weight excluding hydrogens is 653 g/mol. The minimum absolute atomic E-state index is 0.0912. The fourth-order valence-electron chi connectivity index (χ4n) is 5.58. The van der Waals surface area contributed by atoms with Gasteiger partial charge in [-0.05, 0) is 97.2 Å². The molecule has 12 heteroatoms. The molecule has 0 spiro atoms. The van der Waals surface area contributed by atoms with Crippen LogP contribution < -0.4 is 15.5 Å². The molecular formula is C37H37F3N4O4S. The lowest BCUT2D eigenvalue weighted by atomic mass is 10.0. The van der Waals surface area contributed by atoms with Gasteiger partial charge in [-0.1, -0.05) is 24.3 Å². The number of halogens is 3. The number of rotatable bonds is 13. The maximum absolute atomic E-state index is 13.5. The second kappa shape index (κ2) is 16.5. The molecule has 4 aromatic rings. The third kappa shape index (κ3) is 10.1. The smallest absolute Gasteiger partial charge is 0.416 e. The van der Waals surface area contributed by atoms with Crippen molar-refractivity contribution in [3.8, 4) is 11.3 Å². The Balaban J connectivity index is 1.35. The van der Waals surface area contributed by atoms with Crippen molar-refractivity contribution < 1.29 is 32.7 Å². The first-order valence-electron chi connectivity index (χ1n) is 16.1. The largest absolute Gasteiger partial charge is 0.481 e. The van der Waals surface area contributed by atoms with Gasteiger partial charge in [0.2, 0.25) is 0 Å². The van der Waals surface area contributed by atoms with Gasteiger partial charge < -0.3 is 20.6 Å². The van der Waals surface area contributed by atoms with Crippen LogP contribution in [-0.4, -0.2) is 46.7 Å². The van der Waals surface area contributed by atoms with Crippen LogP contribution in [0.3, 0.4) is 0 Å². The Morgan fingerprint density at radius 3 is 2.39 bits per heavy atom. The Hall–Kier alpha value is -4.84. The summed E-state index contributed by atoms with van der Waals surface area (Å²) in [6, 6.07) is 21.0. The molecule has 0 saturated carbocycles. The average Bonchev–Trinajstić information content (AvgIpc) is 3.11. The number of anilines is 2. The summed E-state index contributed by atoms with van der Waals surface area (Å²) in [5.74, 6) is -0.272. The highest BCUT2D eigenvalue weighted by Gasteiger charge is 2.30. The van der Waals surface area contributed by atoms with Gasteiger partial charge in [0.1, 0.15) is 0 Å². The van der Waals surface area contributed by atoms with E-state index < -0.39 is 23.6 Å². The van der Waals surface area contributed by atoms with Crippen molar-refractivity contribution in [1.82, 2.24) is 10.3 Å². The first-order valence-corrected chi connectivity index (χ1v) is 17.2. The minimum Gasteiger partial charge on any atom is -0.481 e. The number of carboxylic acids is 1. The van der Waals surface area contributed by atoms with E-state index >= 15 is 0 Å². The zero-order valence-corrected chi connectivity index (χ0v) is 27.6. The lowest BCUT2D eigenvalue weighted by Gasteiger charge is -2.29. The molecule has 0 unspecified atom stereocenters. The molecule has 0 aliphatic carbocycles. The Morgan fingerprint density at radius 1 is 0.857 bits per heavy atom. The highest BCUT2D eigenvalue weighted by atomic mass is 32.2. The highest BCUT2D eigenvalue weighted by Crippen LogP contribution is 2.34. The Morgan fingerprint density at radius 2 is 1.61 bits per heavy atom. The first-order chi connectivity index (χ1) is 23.6. The SMILES string of the molecule is O=C(O)CCCSCc1cccc(C(=O)Nc2ccc(N3CCCCC3)cc2-c2cc(C(=O)NCc3cccc(C(F)(F)F)c3)ccn2)c1. The molecule has 0 bridgehead atoms. The van der Waals surface area contributed by atoms with Crippen molar-refractivity contribution >= 4 is 40.9 Å². The number of alkyl halides is 3. The predicted molar refractivity (Wildman–Crippen MR) is 186 cm³/mol. The van der Waals surface area contributed by atoms with E-state index in [-0.39, 0.29) is 24.4 Å². The van der Waals surface area contributed by atoms with Gasteiger partial charge in [-0.3, -0.25) is 19.4 Å². The van der Waals surface area contributed by atoms with Crippen LogP contribution in [0.15, 0.2) is 85.1 Å². The van der Waals surface area contributed by atoms with Crippen molar-refractivity contribution in [2.45, 2.75) is 50.6 Å². The lowest BCUT2D eigenvalue weighted by molar-refractivity contribution is -0.138. The third-order valence-corrected chi connectivity index (χ3v) is 9.23. The molecule has 2 heterocycles. The molecule has 2 amide bonds. The molecule has 49 heavy (non-hydrogen) atoms. The summed E-state index contributed by atoms with van der Waals surface area (Å²) in [6.07, 6.45) is 1.01. The van der Waals surface area contributed by atoms with Crippen molar-refractivity contribution in [1.29, 1.82) is 0 Å². The number of pyridine rings is 1. The predicted octanol–water partition coefficient (Wildman–Crippen LogP) is 8.04. The van der Waals surface area contributed by atoms with E-state index in [1.807, 2.05) is 36.4 Å². The Kier molecular flexibility index (Phi) is 12.0. The fourth-order valence-corrected chi connectivity index (χ4v) is 6.48. The summed E-state index contributed by atoms with van der Waals surface area (Å²) in [4.78, 5) is 44.3. The van der Waals surface area contributed by atoms with Crippen LogP contribution in [-0.2, 0) is 23.3 Å². The molecule has 256 valence electrons. The number of hydrogen-bond donors (Lipinski definition) is 3. The number of thioether (sulfide) groups is 1. The van der Waals surface area contributed by atoms with E-state index in [0.29, 0.717) is 46.0 Å². The topological polar surface area (TPSA) is 112 Å². The lowest BCUT2D eigenvalue weighted by Crippen LogP contribution is -2.29. The zero-order chi connectivity index (χ0) is 34.8. The number of nitrogens with one attached hydrogen (secondary N) is 2. The number of amides is 2. The molecule has 1 fully saturated rings. The van der Waals surface area contributed by atoms with Crippen LogP contribution in [0.1, 0.15) is 69.5 Å². The van der Waals surface area contributed by atoms with Gasteiger partial charge in [0.15, 0.2) is 0 Å². The van der Waals surface area contributed by atoms with E-state index in [1.54, 1.807) is 23.9 Å². The summed E-state index contributed by atoms with van der Waals surface area (Å²) in [7, 11) is 0. The first kappa shape index (κ1) is 35.5. The number of benzene rings is 3. The number of hydrogen-bond acceptors (Lipinski definition) is 6. The monoisotopic (exact) mass is 690 g/mol. The molecule has 5 rings (SSSR count). The number of piperidine rings is 1. The number of aliphatic carboxylic acids is 1. The van der Waals surface area contributed by atoms with Crippen LogP contribution in [0, 0.1) is 0 Å². The summed E-state index contributed by atoms with van der Waals surface area (Å²) in [6.45, 7) is 1.71. The van der Waals surface area contributed by atoms with Crippen molar-refractivity contribution in [2.24, 2.45) is 0 Å². The number of carboxylic acid groups (broad SMARTS) is 1. The van der Waals surface area contributed by atoms with E-state index in [1.165, 1.54) is 24.4 Å². The second-order valence-corrected chi connectivity index (χ2v) is 12.9. The average molecular weight is 691 g/mol. The second-order valence-electron chi connectivity index (χ2n) is 11.8. The molecule has 0 atom stereocenters. The van der Waals surface area contributed by atoms with Crippen LogP contribution in [0.5, 0.6) is 0 Å². The molecule has 1 aliphatic rings. The van der Waals surface area contributed by atoms with Crippen molar-refractivity contribution in [3.63, 3.8) is 0 Å². The summed E-state index contributed by atoms with van der Waals surface area (Å²) >= 11 is 1.61. The standard InChI is InChI=1S/C37H37F3N4O4S/c38-37(39,40)29-10-5-7-25(20-29)23-42-35(47)28-14-15-41-33(21-28)31-22-30(44-16-2-1-3-17-44)12-13-32(31)43-36(48)27-9-4-8-26(19-27)24-49-18-6-11-34(45)46/h4-5,7-10,12-15,19-22H,1-3,6,11,16-18,23-24H2,(H,42,47)(H,43,48)(H,45,46). The van der Waals surface area contributed by atoms with E-state index in [0.717, 1.165) is 55.7 Å². The van der Waals surface area contributed by atoms with Gasteiger partial charge in [0.05, 0.1) is 16.9 Å². The normalized spacial score (nSPS) is 13.2. The van der Waals surface area contributed by atoms with Crippen molar-refractivity contribution in [3.05, 3.63) is 113 Å². The number of carbonyl (C=O) groups is 3. The van der Waals surface area contributed by atoms with Gasteiger partial charge in [-0.2, -0.15) is 24.9 Å².